The molecule has 2 unspecified atom stereocenters. The number of sulfone groups is 1. The third-order valence-corrected chi connectivity index (χ3v) is 6.10. The van der Waals surface area contributed by atoms with E-state index in [-0.39, 0.29) is 12.4 Å². The lowest BCUT2D eigenvalue weighted by atomic mass is 10.1. The van der Waals surface area contributed by atoms with Gasteiger partial charge in [0.25, 0.3) is 0 Å². The van der Waals surface area contributed by atoms with Crippen LogP contribution in [0, 0.1) is 6.92 Å². The van der Waals surface area contributed by atoms with E-state index in [0.717, 1.165) is 16.7 Å². The Morgan fingerprint density at radius 3 is 2.46 bits per heavy atom. The molecule has 0 saturated heterocycles. The van der Waals surface area contributed by atoms with Crippen LogP contribution in [0.25, 0.3) is 0 Å². The lowest BCUT2D eigenvalue weighted by Gasteiger charge is -2.17. The number of aryl methyl sites for hydroxylation is 1. The highest BCUT2D eigenvalue weighted by Crippen LogP contribution is 2.23. The minimum atomic E-state index is -3.45. The number of aliphatic hydroxyl groups excluding tert-OH is 1. The summed E-state index contributed by atoms with van der Waals surface area (Å²) in [5.41, 5.74) is 2.74. The van der Waals surface area contributed by atoms with Gasteiger partial charge < -0.3 is 9.84 Å². The average Bonchev–Trinajstić information content (AvgIpc) is 2.54. The fraction of sp³-hybridized carbons (Fsp3) is 0.368. The first kappa shape index (κ1) is 18.6. The van der Waals surface area contributed by atoms with Gasteiger partial charge in [-0.25, -0.2) is 8.42 Å². The van der Waals surface area contributed by atoms with Crippen LogP contribution in [-0.4, -0.2) is 32.0 Å². The molecule has 0 spiro atoms. The van der Waals surface area contributed by atoms with Crippen LogP contribution in [0.2, 0.25) is 0 Å². The van der Waals surface area contributed by atoms with Crippen LogP contribution in [0.3, 0.4) is 0 Å². The van der Waals surface area contributed by atoms with E-state index < -0.39 is 21.2 Å². The summed E-state index contributed by atoms with van der Waals surface area (Å²) < 4.78 is 30.4. The molecular formula is C19H24O4S. The van der Waals surface area contributed by atoms with Crippen molar-refractivity contribution in [3.8, 4) is 0 Å². The van der Waals surface area contributed by atoms with Crippen LogP contribution in [0.5, 0.6) is 0 Å². The Morgan fingerprint density at radius 2 is 1.79 bits per heavy atom. The number of rotatable bonds is 8. The highest BCUT2D eigenvalue weighted by atomic mass is 32.2. The van der Waals surface area contributed by atoms with E-state index in [9.17, 15) is 13.5 Å². The Morgan fingerprint density at radius 1 is 1.08 bits per heavy atom. The van der Waals surface area contributed by atoms with Gasteiger partial charge in [-0.15, -0.1) is 0 Å². The summed E-state index contributed by atoms with van der Waals surface area (Å²) in [6, 6.07) is 17.0. The molecule has 0 amide bonds. The molecule has 0 aliphatic rings. The minimum absolute atomic E-state index is 0.00530. The number of benzene rings is 2. The zero-order valence-electron chi connectivity index (χ0n) is 14.1. The quantitative estimate of drug-likeness (QED) is 0.796. The van der Waals surface area contributed by atoms with Crippen molar-refractivity contribution in [3.63, 3.8) is 0 Å². The summed E-state index contributed by atoms with van der Waals surface area (Å²) in [7, 11) is -3.45. The Bertz CT molecular complexity index is 741. The van der Waals surface area contributed by atoms with Gasteiger partial charge in [0.2, 0.25) is 0 Å². The number of hydrogen-bond acceptors (Lipinski definition) is 4. The van der Waals surface area contributed by atoms with Gasteiger partial charge in [-0.05, 0) is 25.0 Å². The third-order valence-electron chi connectivity index (χ3n) is 3.90. The van der Waals surface area contributed by atoms with Crippen LogP contribution < -0.4 is 0 Å². The molecule has 2 aromatic carbocycles. The lowest BCUT2D eigenvalue weighted by Crippen LogP contribution is -2.28. The van der Waals surface area contributed by atoms with Gasteiger partial charge in [0.15, 0.2) is 9.84 Å². The predicted molar refractivity (Wildman–Crippen MR) is 95.5 cm³/mol. The summed E-state index contributed by atoms with van der Waals surface area (Å²) >= 11 is 0. The second-order valence-corrected chi connectivity index (χ2v) is 8.41. The van der Waals surface area contributed by atoms with Gasteiger partial charge >= 0.3 is 0 Å². The lowest BCUT2D eigenvalue weighted by molar-refractivity contribution is 0.0389. The molecule has 0 heterocycles. The fourth-order valence-electron chi connectivity index (χ4n) is 2.48. The monoisotopic (exact) mass is 348 g/mol. The molecule has 5 heteroatoms. The fourth-order valence-corrected chi connectivity index (χ4v) is 3.96. The maximum absolute atomic E-state index is 12.5. The molecule has 0 saturated carbocycles. The van der Waals surface area contributed by atoms with Crippen LogP contribution in [-0.2, 0) is 21.2 Å². The molecule has 0 aliphatic heterocycles. The van der Waals surface area contributed by atoms with E-state index in [1.54, 1.807) is 13.0 Å². The number of hydrogen-bond donors (Lipinski definition) is 1. The van der Waals surface area contributed by atoms with Crippen LogP contribution in [0.15, 0.2) is 54.6 Å². The van der Waals surface area contributed by atoms with Crippen LogP contribution in [0.1, 0.15) is 28.9 Å². The summed E-state index contributed by atoms with van der Waals surface area (Å²) in [6.45, 7) is 3.93. The van der Waals surface area contributed by atoms with Crippen molar-refractivity contribution in [1.82, 2.24) is 0 Å². The number of aliphatic hydroxyl groups is 1. The maximum atomic E-state index is 12.5. The Balaban J connectivity index is 1.88. The van der Waals surface area contributed by atoms with Crippen molar-refractivity contribution in [3.05, 3.63) is 71.3 Å². The zero-order valence-corrected chi connectivity index (χ0v) is 14.9. The topological polar surface area (TPSA) is 63.6 Å². The molecule has 1 N–H and O–H groups in total. The zero-order chi connectivity index (χ0) is 17.6. The first-order valence-corrected chi connectivity index (χ1v) is 9.68. The van der Waals surface area contributed by atoms with Crippen molar-refractivity contribution in [2.24, 2.45) is 0 Å². The Hall–Kier alpha value is -1.69. The van der Waals surface area contributed by atoms with Gasteiger partial charge in [-0.3, -0.25) is 0 Å². The molecule has 0 aliphatic carbocycles. The summed E-state index contributed by atoms with van der Waals surface area (Å²) in [4.78, 5) is 0. The molecule has 0 radical (unpaired) electrons. The highest BCUT2D eigenvalue weighted by Gasteiger charge is 2.26. The molecule has 130 valence electrons. The van der Waals surface area contributed by atoms with E-state index in [0.29, 0.717) is 6.61 Å². The minimum Gasteiger partial charge on any atom is -0.390 e. The van der Waals surface area contributed by atoms with E-state index in [1.165, 1.54) is 0 Å². The van der Waals surface area contributed by atoms with Crippen molar-refractivity contribution < 1.29 is 18.3 Å². The van der Waals surface area contributed by atoms with Crippen molar-refractivity contribution in [1.29, 1.82) is 0 Å². The largest absolute Gasteiger partial charge is 0.390 e. The first-order valence-electron chi connectivity index (χ1n) is 7.96. The Labute approximate surface area is 144 Å². The van der Waals surface area contributed by atoms with E-state index in [4.69, 9.17) is 4.74 Å². The molecular weight excluding hydrogens is 324 g/mol. The second kappa shape index (κ2) is 8.42. The van der Waals surface area contributed by atoms with Crippen LogP contribution >= 0.6 is 0 Å². The second-order valence-electron chi connectivity index (χ2n) is 6.04. The van der Waals surface area contributed by atoms with Crippen LogP contribution in [0.4, 0.5) is 0 Å². The third kappa shape index (κ3) is 5.44. The standard InChI is InChI=1S/C19H24O4S/c1-15-7-6-10-18(11-15)16(2)24(21,22)14-19(20)13-23-12-17-8-4-3-5-9-17/h3-11,16,19-20H,12-14H2,1-2H3. The molecule has 24 heavy (non-hydrogen) atoms. The van der Waals surface area contributed by atoms with Gasteiger partial charge in [-0.2, -0.15) is 0 Å². The average molecular weight is 348 g/mol. The van der Waals surface area contributed by atoms with Gasteiger partial charge in [0.1, 0.15) is 0 Å². The summed E-state index contributed by atoms with van der Waals surface area (Å²) in [5.74, 6) is -0.309. The van der Waals surface area contributed by atoms with Gasteiger partial charge in [-0.1, -0.05) is 60.2 Å². The SMILES string of the molecule is Cc1cccc(C(C)S(=O)(=O)CC(O)COCc2ccccc2)c1. The molecule has 2 aromatic rings. The van der Waals surface area contributed by atoms with E-state index >= 15 is 0 Å². The molecule has 0 bridgehead atoms. The van der Waals surface area contributed by atoms with Crippen molar-refractivity contribution in [2.75, 3.05) is 12.4 Å². The van der Waals surface area contributed by atoms with E-state index in [1.807, 2.05) is 55.5 Å². The molecule has 4 nitrogen and oxygen atoms in total. The predicted octanol–water partition coefficient (Wildman–Crippen LogP) is 3.05. The normalized spacial score (nSPS) is 14.3. The summed E-state index contributed by atoms with van der Waals surface area (Å²) in [5, 5.41) is 9.36. The first-order chi connectivity index (χ1) is 11.4. The summed E-state index contributed by atoms with van der Waals surface area (Å²) in [6.07, 6.45) is -1.04. The highest BCUT2D eigenvalue weighted by molar-refractivity contribution is 7.91. The molecule has 0 aromatic heterocycles. The van der Waals surface area contributed by atoms with E-state index in [2.05, 4.69) is 0 Å². The molecule has 0 fully saturated rings. The maximum Gasteiger partial charge on any atom is 0.159 e. The van der Waals surface area contributed by atoms with Crippen molar-refractivity contribution in [2.45, 2.75) is 31.8 Å². The van der Waals surface area contributed by atoms with Gasteiger partial charge in [0, 0.05) is 0 Å². The molecule has 2 atom stereocenters. The number of ether oxygens (including phenoxy) is 1. The smallest absolute Gasteiger partial charge is 0.159 e. The van der Waals surface area contributed by atoms with Crippen molar-refractivity contribution >= 4 is 9.84 Å². The van der Waals surface area contributed by atoms with Gasteiger partial charge in [0.05, 0.1) is 30.3 Å². The molecule has 2 rings (SSSR count). The Kier molecular flexibility index (Phi) is 6.54.